The minimum absolute atomic E-state index is 0.0295. The van der Waals surface area contributed by atoms with Gasteiger partial charge in [-0.3, -0.25) is 4.98 Å². The van der Waals surface area contributed by atoms with Crippen LogP contribution in [0.2, 0.25) is 0 Å². The van der Waals surface area contributed by atoms with Crippen molar-refractivity contribution in [1.29, 1.82) is 0 Å². The molecule has 0 fully saturated rings. The van der Waals surface area contributed by atoms with Crippen LogP contribution in [0.1, 0.15) is 79.0 Å². The van der Waals surface area contributed by atoms with Crippen molar-refractivity contribution in [3.8, 4) is 0 Å². The minimum atomic E-state index is 0.0295. The van der Waals surface area contributed by atoms with Gasteiger partial charge in [0, 0.05) is 22.4 Å². The maximum Gasteiger partial charge on any atom is 0.0793 e. The van der Waals surface area contributed by atoms with E-state index in [4.69, 9.17) is 4.98 Å². The van der Waals surface area contributed by atoms with E-state index in [0.717, 1.165) is 11.9 Å². The number of nitrogens with zero attached hydrogens (tertiary/aromatic N) is 1. The molecule has 7 aromatic rings. The van der Waals surface area contributed by atoms with Crippen LogP contribution < -0.4 is 0 Å². The van der Waals surface area contributed by atoms with Gasteiger partial charge < -0.3 is 0 Å². The second-order valence-corrected chi connectivity index (χ2v) is 15.6. The molecule has 0 unspecified atom stereocenters. The molecule has 1 aromatic heterocycles. The van der Waals surface area contributed by atoms with Gasteiger partial charge in [-0.15, -0.1) is 0 Å². The van der Waals surface area contributed by atoms with E-state index < -0.39 is 0 Å². The van der Waals surface area contributed by atoms with Gasteiger partial charge in [-0.05, 0) is 119 Å². The number of hydrogen-bond donors (Lipinski definition) is 0. The van der Waals surface area contributed by atoms with Gasteiger partial charge in [0.2, 0.25) is 0 Å². The quantitative estimate of drug-likeness (QED) is 0.150. The van der Waals surface area contributed by atoms with Gasteiger partial charge in [-0.2, -0.15) is 0 Å². The molecule has 0 amide bonds. The topological polar surface area (TPSA) is 12.9 Å². The average molecular weight is 536 g/mol. The largest absolute Gasteiger partial charge is 0.256 e. The molecule has 206 valence electrons. The standard InChI is InChI=1S/C40H41N/c1-38(2,3)22-23-10-11-24-17-30-32-20-27(40(7,8)9)21-33-31-19-26(39(4,5)6)12-13-28(31)29-14-15-41-37(36(29)35(32)33)34(30)18-25(24)16-23/h10-21H,22H2,1-9H3. The lowest BCUT2D eigenvalue weighted by molar-refractivity contribution is 0.411. The van der Waals surface area contributed by atoms with Crippen LogP contribution in [0.25, 0.3) is 64.8 Å². The fourth-order valence-corrected chi connectivity index (χ4v) is 6.87. The van der Waals surface area contributed by atoms with Gasteiger partial charge in [-0.1, -0.05) is 92.6 Å². The molecule has 0 aliphatic rings. The molecular weight excluding hydrogens is 494 g/mol. The summed E-state index contributed by atoms with van der Waals surface area (Å²) in [6, 6.07) is 26.2. The SMILES string of the molecule is CC(C)(C)Cc1ccc2cc3c(cc2c1)c1nccc2c4ccc(C(C)(C)C)cc4c4cc(C(C)(C)C)cc3c4c21. The Balaban J connectivity index is 1.71. The van der Waals surface area contributed by atoms with Crippen molar-refractivity contribution in [2.45, 2.75) is 79.6 Å². The van der Waals surface area contributed by atoms with Crippen molar-refractivity contribution in [3.05, 3.63) is 89.6 Å². The Labute approximate surface area is 243 Å². The summed E-state index contributed by atoms with van der Waals surface area (Å²) in [6.07, 6.45) is 3.08. The van der Waals surface area contributed by atoms with E-state index in [2.05, 4.69) is 129 Å². The van der Waals surface area contributed by atoms with E-state index in [-0.39, 0.29) is 16.2 Å². The maximum atomic E-state index is 5.08. The lowest BCUT2D eigenvalue weighted by Crippen LogP contribution is -2.12. The molecule has 0 saturated heterocycles. The Morgan fingerprint density at radius 3 is 1.78 bits per heavy atom. The molecule has 0 aliphatic carbocycles. The lowest BCUT2D eigenvalue weighted by atomic mass is 9.79. The van der Waals surface area contributed by atoms with Crippen molar-refractivity contribution in [2.75, 3.05) is 0 Å². The van der Waals surface area contributed by atoms with Crippen LogP contribution in [0.3, 0.4) is 0 Å². The summed E-state index contributed by atoms with van der Waals surface area (Å²) in [6.45, 7) is 20.9. The van der Waals surface area contributed by atoms with E-state index >= 15 is 0 Å². The fraction of sp³-hybridized carbons (Fsp3) is 0.325. The molecule has 6 aromatic carbocycles. The van der Waals surface area contributed by atoms with Crippen molar-refractivity contribution in [2.24, 2.45) is 5.41 Å². The number of fused-ring (bicyclic) bond motifs is 7. The number of benzene rings is 6. The summed E-state index contributed by atoms with van der Waals surface area (Å²) in [5.41, 5.74) is 5.62. The highest BCUT2D eigenvalue weighted by Gasteiger charge is 2.23. The first kappa shape index (κ1) is 26.2. The first-order valence-electron chi connectivity index (χ1n) is 15.1. The van der Waals surface area contributed by atoms with Crippen LogP contribution in [0, 0.1) is 5.41 Å². The number of aromatic nitrogens is 1. The Morgan fingerprint density at radius 2 is 1.12 bits per heavy atom. The average Bonchev–Trinajstić information content (AvgIpc) is 2.89. The highest BCUT2D eigenvalue weighted by molar-refractivity contribution is 6.40. The van der Waals surface area contributed by atoms with Gasteiger partial charge >= 0.3 is 0 Å². The van der Waals surface area contributed by atoms with Crippen LogP contribution in [0.4, 0.5) is 0 Å². The third kappa shape index (κ3) is 4.16. The molecule has 41 heavy (non-hydrogen) atoms. The molecule has 0 aliphatic heterocycles. The summed E-state index contributed by atoms with van der Waals surface area (Å²) < 4.78 is 0. The van der Waals surface area contributed by atoms with E-state index in [1.807, 2.05) is 6.20 Å². The molecule has 0 N–H and O–H groups in total. The van der Waals surface area contributed by atoms with E-state index in [9.17, 15) is 0 Å². The smallest absolute Gasteiger partial charge is 0.0793 e. The normalized spacial score (nSPS) is 13.6. The van der Waals surface area contributed by atoms with E-state index in [1.165, 1.54) is 75.9 Å². The summed E-state index contributed by atoms with van der Waals surface area (Å²) in [7, 11) is 0. The first-order chi connectivity index (χ1) is 19.2. The van der Waals surface area contributed by atoms with Crippen LogP contribution in [-0.4, -0.2) is 4.98 Å². The molecule has 0 spiro atoms. The minimum Gasteiger partial charge on any atom is -0.256 e. The third-order valence-electron chi connectivity index (χ3n) is 8.99. The molecule has 1 heterocycles. The summed E-state index contributed by atoms with van der Waals surface area (Å²) in [5.74, 6) is 0. The highest BCUT2D eigenvalue weighted by atomic mass is 14.7. The molecule has 0 radical (unpaired) electrons. The van der Waals surface area contributed by atoms with Gasteiger partial charge in [0.15, 0.2) is 0 Å². The predicted molar refractivity (Wildman–Crippen MR) is 181 cm³/mol. The summed E-state index contributed by atoms with van der Waals surface area (Å²) >= 11 is 0. The Kier molecular flexibility index (Phi) is 5.38. The lowest BCUT2D eigenvalue weighted by Gasteiger charge is -2.25. The second kappa shape index (κ2) is 8.41. The van der Waals surface area contributed by atoms with Crippen LogP contribution in [0.5, 0.6) is 0 Å². The highest BCUT2D eigenvalue weighted by Crippen LogP contribution is 2.47. The number of hydrogen-bond acceptors (Lipinski definition) is 1. The molecule has 0 atom stereocenters. The maximum absolute atomic E-state index is 5.08. The fourth-order valence-electron chi connectivity index (χ4n) is 6.87. The van der Waals surface area contributed by atoms with Crippen molar-refractivity contribution in [3.63, 3.8) is 0 Å². The Morgan fingerprint density at radius 1 is 0.488 bits per heavy atom. The van der Waals surface area contributed by atoms with Gasteiger partial charge in [0.25, 0.3) is 0 Å². The molecule has 0 bridgehead atoms. The molecule has 0 saturated carbocycles. The molecule has 7 rings (SSSR count). The monoisotopic (exact) mass is 535 g/mol. The zero-order chi connectivity index (χ0) is 29.1. The van der Waals surface area contributed by atoms with Crippen LogP contribution in [-0.2, 0) is 17.3 Å². The molecule has 1 nitrogen and oxygen atoms in total. The van der Waals surface area contributed by atoms with Gasteiger partial charge in [-0.25, -0.2) is 0 Å². The Hall–Kier alpha value is -3.71. The zero-order valence-corrected chi connectivity index (χ0v) is 26.1. The zero-order valence-electron chi connectivity index (χ0n) is 26.1. The first-order valence-corrected chi connectivity index (χ1v) is 15.1. The van der Waals surface area contributed by atoms with Crippen molar-refractivity contribution >= 4 is 64.8 Å². The van der Waals surface area contributed by atoms with E-state index in [1.54, 1.807) is 0 Å². The number of rotatable bonds is 1. The third-order valence-corrected chi connectivity index (χ3v) is 8.99. The van der Waals surface area contributed by atoms with Crippen molar-refractivity contribution < 1.29 is 0 Å². The molecule has 1 heteroatoms. The van der Waals surface area contributed by atoms with Gasteiger partial charge in [0.05, 0.1) is 5.52 Å². The van der Waals surface area contributed by atoms with Crippen LogP contribution >= 0.6 is 0 Å². The van der Waals surface area contributed by atoms with E-state index in [0.29, 0.717) is 0 Å². The second-order valence-electron chi connectivity index (χ2n) is 15.6. The number of pyridine rings is 1. The van der Waals surface area contributed by atoms with Crippen molar-refractivity contribution in [1.82, 2.24) is 4.98 Å². The molecular formula is C40H41N. The predicted octanol–water partition coefficient (Wildman–Crippen LogP) is 11.6. The van der Waals surface area contributed by atoms with Gasteiger partial charge in [0.1, 0.15) is 0 Å². The van der Waals surface area contributed by atoms with Crippen LogP contribution in [0.15, 0.2) is 72.9 Å². The Bertz CT molecular complexity index is 2160. The summed E-state index contributed by atoms with van der Waals surface area (Å²) in [4.78, 5) is 5.08. The summed E-state index contributed by atoms with van der Waals surface area (Å²) in [5, 5.41) is 14.5.